The summed E-state index contributed by atoms with van der Waals surface area (Å²) in [6, 6.07) is 56.0. The summed E-state index contributed by atoms with van der Waals surface area (Å²) >= 11 is 0. The summed E-state index contributed by atoms with van der Waals surface area (Å²) in [6.07, 6.45) is -4.03. The highest BCUT2D eigenvalue weighted by Gasteiger charge is 2.45. The highest BCUT2D eigenvalue weighted by Crippen LogP contribution is 2.48. The molecule has 5 nitrogen and oxygen atoms in total. The van der Waals surface area contributed by atoms with Crippen LogP contribution in [0.1, 0.15) is 137 Å². The third-order valence-electron chi connectivity index (χ3n) is 16.7. The van der Waals surface area contributed by atoms with Crippen molar-refractivity contribution in [3.63, 3.8) is 0 Å². The van der Waals surface area contributed by atoms with Gasteiger partial charge in [0.05, 0.1) is 44.4 Å². The number of hydrogen-bond donors (Lipinski definition) is 0. The Morgan fingerprint density at radius 3 is 1.81 bits per heavy atom. The third-order valence-corrected chi connectivity index (χ3v) is 21.5. The Kier molecular flexibility index (Phi) is 8.66. The summed E-state index contributed by atoms with van der Waals surface area (Å²) in [4.78, 5) is 5.03. The van der Waals surface area contributed by atoms with Crippen molar-refractivity contribution in [3.8, 4) is 50.9 Å². The van der Waals surface area contributed by atoms with Gasteiger partial charge in [-0.15, -0.1) is 0 Å². The third kappa shape index (κ3) is 9.70. The van der Waals surface area contributed by atoms with Crippen LogP contribution < -0.4 is 30.1 Å². The second kappa shape index (κ2) is 21.5. The summed E-state index contributed by atoms with van der Waals surface area (Å²) in [5.41, 5.74) is -12.3. The Labute approximate surface area is 554 Å². The van der Waals surface area contributed by atoms with Crippen molar-refractivity contribution in [1.29, 1.82) is 0 Å². The molecule has 0 unspecified atom stereocenters. The molecule has 0 N–H and O–H groups in total. The van der Waals surface area contributed by atoms with Crippen LogP contribution in [-0.4, -0.2) is 22.2 Å². The number of aromatic nitrogens is 4. The normalized spacial score (nSPS) is 19.8. The number of fused-ring (bicyclic) bond motifs is 5. The van der Waals surface area contributed by atoms with E-state index in [0.717, 1.165) is 48.1 Å². The Hall–Kier alpha value is -9.36. The van der Waals surface area contributed by atoms with E-state index in [1.54, 1.807) is 73.9 Å². The molecule has 6 heteroatoms. The van der Waals surface area contributed by atoms with E-state index in [1.165, 1.54) is 16.7 Å². The van der Waals surface area contributed by atoms with E-state index in [0.29, 0.717) is 28.5 Å². The summed E-state index contributed by atoms with van der Waals surface area (Å²) < 4.78 is 237. The monoisotopic (exact) mass is 1180 g/mol. The van der Waals surface area contributed by atoms with Crippen LogP contribution >= 0.6 is 0 Å². The number of benzene rings is 10. The molecule has 1 aliphatic carbocycles. The molecular formula is C82H76N4OSi. The number of imidazole rings is 1. The second-order valence-electron chi connectivity index (χ2n) is 24.5. The van der Waals surface area contributed by atoms with E-state index in [9.17, 15) is 12.3 Å². The first-order chi connectivity index (χ1) is 52.3. The molecule has 0 bridgehead atoms. The zero-order valence-electron chi connectivity index (χ0n) is 73.3. The van der Waals surface area contributed by atoms with Crippen molar-refractivity contribution in [3.05, 3.63) is 283 Å². The number of pyridine rings is 1. The summed E-state index contributed by atoms with van der Waals surface area (Å²) in [5.74, 6) is 1.45. The first-order valence-corrected chi connectivity index (χ1v) is 31.1. The summed E-state index contributed by atoms with van der Waals surface area (Å²) in [6.45, 7) is -5.88. The van der Waals surface area contributed by atoms with Gasteiger partial charge in [-0.1, -0.05) is 269 Å². The van der Waals surface area contributed by atoms with Gasteiger partial charge in [0.15, 0.2) is 8.07 Å². The number of para-hydroxylation sites is 3. The van der Waals surface area contributed by atoms with Crippen molar-refractivity contribution in [1.82, 2.24) is 14.1 Å². The lowest BCUT2D eigenvalue weighted by atomic mass is 9.63. The van der Waals surface area contributed by atoms with Crippen LogP contribution in [0.4, 0.5) is 0 Å². The van der Waals surface area contributed by atoms with E-state index in [4.69, 9.17) is 30.3 Å². The van der Waals surface area contributed by atoms with E-state index >= 15 is 0 Å². The minimum Gasteiger partial charge on any atom is -0.458 e. The lowest BCUT2D eigenvalue weighted by Crippen LogP contribution is -2.74. The molecule has 0 amide bonds. The zero-order chi connectivity index (χ0) is 81.3. The molecule has 10 aromatic carbocycles. The predicted octanol–water partition coefficient (Wildman–Crippen LogP) is 17.6. The standard InChI is InChI=1S/C82H76N4OSi/c1-79(2,3)58-44-47-83-77(51-58)86-71-39-24-23-38-65(71)68-53-76(88(62-32-17-12-18-33-62,63-34-19-13-20-35-63)64-36-21-14-22-37-64)75(54-74(68)86)87-61-31-27-30-60(52-61)84-55-85(73-41-26-25-40-72(73)84)78-66(56-28-15-11-16-29-56)49-59(80(4,5)6)50-67(78)57-42-43-69-70(48-57)82(9,10)46-45-81(69,7)8/h11-44,47-54H,45-46H2,1-10H3/i7D3,8D3,9D3,10D3,11D,15D,16D,28D,29D,42D,43D,45D2,46D2,48D. The van der Waals surface area contributed by atoms with Crippen LogP contribution in [0.5, 0.6) is 11.5 Å². The summed E-state index contributed by atoms with van der Waals surface area (Å²) in [5, 5.41) is 5.90. The molecule has 0 aliphatic heterocycles. The van der Waals surface area contributed by atoms with Crippen LogP contribution in [-0.2, 0) is 21.7 Å². The minimum absolute atomic E-state index is 0.191. The fourth-order valence-electron chi connectivity index (χ4n) is 12.4. The molecule has 3 aromatic heterocycles. The van der Waals surface area contributed by atoms with Crippen LogP contribution in [0.15, 0.2) is 255 Å². The van der Waals surface area contributed by atoms with Crippen LogP contribution in [0.25, 0.3) is 72.3 Å². The topological polar surface area (TPSA) is 35.9 Å². The quantitative estimate of drug-likeness (QED) is 0.0560. The van der Waals surface area contributed by atoms with Crippen LogP contribution in [0, 0.1) is 6.33 Å². The molecule has 13 aromatic rings. The van der Waals surface area contributed by atoms with E-state index in [2.05, 4.69) is 98.4 Å². The number of ether oxygens (including phenoxy) is 1. The fourth-order valence-corrected chi connectivity index (χ4v) is 17.2. The molecule has 0 spiro atoms. The lowest BCUT2D eigenvalue weighted by molar-refractivity contribution is -0.571. The fraction of sp³-hybridized carbons (Fsp3) is 0.195. The molecule has 3 heterocycles. The second-order valence-corrected chi connectivity index (χ2v) is 28.3. The maximum Gasteiger partial charge on any atom is 0.269 e. The molecule has 14 rings (SSSR count). The first-order valence-electron chi connectivity index (χ1n) is 41.1. The van der Waals surface area contributed by atoms with Gasteiger partial charge in [0.1, 0.15) is 17.3 Å². The molecule has 434 valence electrons. The zero-order valence-corrected chi connectivity index (χ0v) is 50.3. The Balaban J connectivity index is 1.10. The molecule has 0 radical (unpaired) electrons. The average Bonchev–Trinajstić information content (AvgIpc) is 0.714. The van der Waals surface area contributed by atoms with Gasteiger partial charge in [-0.25, -0.2) is 4.98 Å². The maximum absolute atomic E-state index is 10.6. The maximum atomic E-state index is 10.6. The van der Waals surface area contributed by atoms with E-state index in [-0.39, 0.29) is 27.7 Å². The first kappa shape index (κ1) is 35.4. The number of hydrogen-bond acceptors (Lipinski definition) is 2. The SMILES string of the molecule is [2H]c1c([2H])c([2H])c(-c2cc(C(C)(C)C)cc(-c3c([2H])c([2H])c4c(c3[2H])C(C([2H])([2H])[2H])(C([2H])([2H])[2H])C([2H])([2H])C([2H])([2H])C4(C([2H])([2H])[2H])C([2H])([2H])[2H])c2-[n+]2[c-]n(-c3cccc(Oc4cc5c(cc4[Si](c4ccccc4)(c4ccccc4)c4ccccc4)c4ccccc4n5-c4cc(C(C)(C)C)ccn4)c3)c3ccccc32)c([2H])c1[2H]. The Morgan fingerprint density at radius 1 is 0.557 bits per heavy atom. The van der Waals surface area contributed by atoms with Crippen molar-refractivity contribution in [2.75, 3.05) is 0 Å². The van der Waals surface area contributed by atoms with Crippen LogP contribution in [0.2, 0.25) is 0 Å². The minimum atomic E-state index is -4.65. The van der Waals surface area contributed by atoms with E-state index in [1.807, 2.05) is 79.0 Å². The summed E-state index contributed by atoms with van der Waals surface area (Å²) in [7, 11) is -3.55. The molecule has 0 saturated heterocycles. The van der Waals surface area contributed by atoms with Gasteiger partial charge >= 0.3 is 0 Å². The molecule has 0 fully saturated rings. The van der Waals surface area contributed by atoms with Crippen molar-refractivity contribution < 1.29 is 42.2 Å². The smallest absolute Gasteiger partial charge is 0.269 e. The van der Waals surface area contributed by atoms with Gasteiger partial charge < -0.3 is 4.74 Å². The Morgan fingerprint density at radius 2 is 1.16 bits per heavy atom. The average molecular weight is 1190 g/mol. The molecule has 88 heavy (non-hydrogen) atoms. The van der Waals surface area contributed by atoms with Gasteiger partial charge in [0, 0.05) is 45.0 Å². The van der Waals surface area contributed by atoms with Crippen molar-refractivity contribution >= 4 is 61.7 Å². The molecule has 0 atom stereocenters. The van der Waals surface area contributed by atoms with Crippen molar-refractivity contribution in [2.45, 2.75) is 103 Å². The number of nitrogens with zero attached hydrogens (tertiary/aromatic N) is 4. The highest BCUT2D eigenvalue weighted by atomic mass is 28.3. The number of rotatable bonds is 11. The lowest BCUT2D eigenvalue weighted by Gasteiger charge is -2.42. The van der Waals surface area contributed by atoms with Gasteiger partial charge in [0.2, 0.25) is 0 Å². The van der Waals surface area contributed by atoms with Crippen molar-refractivity contribution in [2.24, 2.45) is 0 Å². The van der Waals surface area contributed by atoms with Gasteiger partial charge in [-0.3, -0.25) is 13.7 Å². The predicted molar refractivity (Wildman–Crippen MR) is 369 cm³/mol. The molecule has 0 saturated carbocycles. The van der Waals surface area contributed by atoms with Gasteiger partial charge in [-0.05, 0) is 142 Å². The van der Waals surface area contributed by atoms with E-state index < -0.39 is 141 Å². The van der Waals surface area contributed by atoms with Crippen LogP contribution in [0.3, 0.4) is 0 Å². The Bertz CT molecular complexity index is 5800. The van der Waals surface area contributed by atoms with Gasteiger partial charge in [0.25, 0.3) is 6.33 Å². The van der Waals surface area contributed by atoms with Gasteiger partial charge in [-0.2, -0.15) is 0 Å². The molecular weight excluding hydrogens is 1090 g/mol. The highest BCUT2D eigenvalue weighted by molar-refractivity contribution is 7.20. The molecule has 1 aliphatic rings. The largest absolute Gasteiger partial charge is 0.458 e.